The molecule has 1 aromatic carbocycles. The van der Waals surface area contributed by atoms with E-state index in [1.165, 1.54) is 0 Å². The number of benzene rings is 1. The van der Waals surface area contributed by atoms with Gasteiger partial charge in [-0.15, -0.1) is 11.8 Å². The van der Waals surface area contributed by atoms with Crippen molar-refractivity contribution in [1.82, 2.24) is 10.5 Å². The fourth-order valence-corrected chi connectivity index (χ4v) is 2.98. The van der Waals surface area contributed by atoms with Crippen LogP contribution < -0.4 is 10.6 Å². The number of anilines is 1. The summed E-state index contributed by atoms with van der Waals surface area (Å²) >= 11 is 1.16. The molecule has 1 unspecified atom stereocenters. The highest BCUT2D eigenvalue weighted by atomic mass is 32.2. The summed E-state index contributed by atoms with van der Waals surface area (Å²) < 4.78 is 4.86. The average molecular weight is 391 g/mol. The highest BCUT2D eigenvalue weighted by Gasteiger charge is 2.16. The predicted octanol–water partition coefficient (Wildman–Crippen LogP) is 2.38. The maximum atomic E-state index is 12.2. The first-order valence-electron chi connectivity index (χ1n) is 8.31. The Labute approximate surface area is 160 Å². The van der Waals surface area contributed by atoms with E-state index in [1.807, 2.05) is 30.3 Å². The monoisotopic (exact) mass is 391 g/mol. The second-order valence-corrected chi connectivity index (χ2v) is 6.81. The topological polar surface area (TPSA) is 122 Å². The van der Waals surface area contributed by atoms with Crippen LogP contribution in [0.1, 0.15) is 30.2 Å². The van der Waals surface area contributed by atoms with Crippen LogP contribution in [0, 0.1) is 6.92 Å². The third kappa shape index (κ3) is 7.53. The number of rotatable bonds is 10. The Hall–Kier alpha value is -2.81. The van der Waals surface area contributed by atoms with E-state index in [0.29, 0.717) is 18.0 Å². The van der Waals surface area contributed by atoms with Crippen LogP contribution in [0.25, 0.3) is 0 Å². The number of thioether (sulfide) groups is 1. The van der Waals surface area contributed by atoms with Crippen molar-refractivity contribution in [2.45, 2.75) is 25.8 Å². The van der Waals surface area contributed by atoms with Crippen molar-refractivity contribution in [3.8, 4) is 0 Å². The molecular formula is C18H21N3O5S. The molecule has 0 aliphatic rings. The maximum Gasteiger partial charge on any atom is 0.303 e. The number of nitrogens with zero attached hydrogens (tertiary/aromatic N) is 1. The van der Waals surface area contributed by atoms with Gasteiger partial charge in [0.1, 0.15) is 5.76 Å². The zero-order chi connectivity index (χ0) is 19.6. The molecule has 3 N–H and O–H groups in total. The maximum absolute atomic E-state index is 12.2. The van der Waals surface area contributed by atoms with Gasteiger partial charge in [0, 0.05) is 12.5 Å². The normalized spacial score (nSPS) is 11.6. The molecule has 0 spiro atoms. The van der Waals surface area contributed by atoms with Gasteiger partial charge in [-0.25, -0.2) is 0 Å². The number of carbonyl (C=O) groups excluding carboxylic acids is 2. The Balaban J connectivity index is 1.79. The third-order valence-corrected chi connectivity index (χ3v) is 4.48. The van der Waals surface area contributed by atoms with Crippen LogP contribution in [0.5, 0.6) is 0 Å². The summed E-state index contributed by atoms with van der Waals surface area (Å²) in [5, 5.41) is 18.0. The number of nitrogens with one attached hydrogen (secondary N) is 2. The molecule has 9 heteroatoms. The first kappa shape index (κ1) is 20.5. The zero-order valence-electron chi connectivity index (χ0n) is 14.8. The summed E-state index contributed by atoms with van der Waals surface area (Å²) in [6, 6.07) is 10.4. The minimum atomic E-state index is -0.917. The van der Waals surface area contributed by atoms with Crippen LogP contribution in [0.2, 0.25) is 0 Å². The lowest BCUT2D eigenvalue weighted by Gasteiger charge is -2.18. The van der Waals surface area contributed by atoms with E-state index in [4.69, 9.17) is 9.63 Å². The molecule has 1 atom stereocenters. The summed E-state index contributed by atoms with van der Waals surface area (Å²) in [6.45, 7) is 1.72. The molecule has 2 rings (SSSR count). The first-order chi connectivity index (χ1) is 12.9. The lowest BCUT2D eigenvalue weighted by atomic mass is 10.0. The van der Waals surface area contributed by atoms with Crippen LogP contribution in [-0.2, 0) is 14.4 Å². The molecule has 144 valence electrons. The fraction of sp³-hybridized carbons (Fsp3) is 0.333. The Morgan fingerprint density at radius 2 is 1.89 bits per heavy atom. The summed E-state index contributed by atoms with van der Waals surface area (Å²) in [6.07, 6.45) is 0.244. The van der Waals surface area contributed by atoms with Gasteiger partial charge >= 0.3 is 5.97 Å². The molecule has 0 aliphatic carbocycles. The van der Waals surface area contributed by atoms with Crippen molar-refractivity contribution >= 4 is 35.4 Å². The van der Waals surface area contributed by atoms with Crippen LogP contribution >= 0.6 is 11.8 Å². The van der Waals surface area contributed by atoms with Gasteiger partial charge in [0.25, 0.3) is 0 Å². The second kappa shape index (κ2) is 10.4. The smallest absolute Gasteiger partial charge is 0.303 e. The fourth-order valence-electron chi connectivity index (χ4n) is 2.35. The van der Waals surface area contributed by atoms with Crippen molar-refractivity contribution in [2.24, 2.45) is 0 Å². The van der Waals surface area contributed by atoms with Gasteiger partial charge in [0.2, 0.25) is 11.8 Å². The highest BCUT2D eigenvalue weighted by molar-refractivity contribution is 8.00. The Morgan fingerprint density at radius 1 is 1.19 bits per heavy atom. The number of carbonyl (C=O) groups is 3. The van der Waals surface area contributed by atoms with Gasteiger partial charge in [-0.1, -0.05) is 35.5 Å². The average Bonchev–Trinajstić information content (AvgIpc) is 3.03. The second-order valence-electron chi connectivity index (χ2n) is 5.83. The first-order valence-corrected chi connectivity index (χ1v) is 9.46. The van der Waals surface area contributed by atoms with E-state index in [2.05, 4.69) is 15.8 Å². The standard InChI is InChI=1S/C18H21N3O5S/c1-12-9-15(21-26-12)20-17(23)11-27-10-16(22)19-14(7-8-18(24)25)13-5-3-2-4-6-13/h2-6,9,14H,7-8,10-11H2,1H3,(H,19,22)(H,24,25)(H,20,21,23). The van der Waals surface area contributed by atoms with Crippen molar-refractivity contribution in [3.63, 3.8) is 0 Å². The quantitative estimate of drug-likeness (QED) is 0.568. The number of carboxylic acid groups (broad SMARTS) is 1. The van der Waals surface area contributed by atoms with Gasteiger partial charge in [-0.3, -0.25) is 14.4 Å². The van der Waals surface area contributed by atoms with Crippen molar-refractivity contribution < 1.29 is 24.0 Å². The van der Waals surface area contributed by atoms with Gasteiger partial charge in [-0.05, 0) is 18.9 Å². The van der Waals surface area contributed by atoms with Gasteiger partial charge in [-0.2, -0.15) is 0 Å². The van der Waals surface area contributed by atoms with Crippen LogP contribution in [0.3, 0.4) is 0 Å². The molecule has 0 radical (unpaired) electrons. The number of aromatic nitrogens is 1. The number of aryl methyl sites for hydroxylation is 1. The summed E-state index contributed by atoms with van der Waals surface area (Å²) in [7, 11) is 0. The van der Waals surface area contributed by atoms with Gasteiger partial charge in [0.05, 0.1) is 17.5 Å². The van der Waals surface area contributed by atoms with E-state index in [0.717, 1.165) is 17.3 Å². The number of hydrogen-bond acceptors (Lipinski definition) is 6. The molecule has 2 aromatic rings. The third-order valence-electron chi connectivity index (χ3n) is 3.55. The largest absolute Gasteiger partial charge is 0.481 e. The van der Waals surface area contributed by atoms with Gasteiger partial charge in [0.15, 0.2) is 5.82 Å². The van der Waals surface area contributed by atoms with Crippen molar-refractivity contribution in [2.75, 3.05) is 16.8 Å². The lowest BCUT2D eigenvalue weighted by molar-refractivity contribution is -0.137. The van der Waals surface area contributed by atoms with Crippen LogP contribution in [0.15, 0.2) is 40.9 Å². The minimum absolute atomic E-state index is 0.0491. The zero-order valence-corrected chi connectivity index (χ0v) is 15.6. The molecule has 1 heterocycles. The summed E-state index contributed by atoms with van der Waals surface area (Å²) in [5.41, 5.74) is 0.844. The van der Waals surface area contributed by atoms with Crippen LogP contribution in [-0.4, -0.2) is 39.6 Å². The molecule has 0 fully saturated rings. The SMILES string of the molecule is Cc1cc(NC(=O)CSCC(=O)NC(CCC(=O)O)c2ccccc2)no1. The van der Waals surface area contributed by atoms with Crippen LogP contribution in [0.4, 0.5) is 5.82 Å². The summed E-state index contributed by atoms with van der Waals surface area (Å²) in [4.78, 5) is 34.8. The number of carboxylic acids is 1. The molecule has 0 saturated carbocycles. The van der Waals surface area contributed by atoms with E-state index in [-0.39, 0.29) is 35.8 Å². The molecule has 8 nitrogen and oxygen atoms in total. The molecule has 0 aliphatic heterocycles. The Morgan fingerprint density at radius 3 is 2.52 bits per heavy atom. The van der Waals surface area contributed by atoms with Crippen molar-refractivity contribution in [3.05, 3.63) is 47.7 Å². The molecule has 2 amide bonds. The van der Waals surface area contributed by atoms with Gasteiger partial charge < -0.3 is 20.3 Å². The number of aliphatic carboxylic acids is 1. The van der Waals surface area contributed by atoms with E-state index >= 15 is 0 Å². The lowest BCUT2D eigenvalue weighted by Crippen LogP contribution is -2.31. The highest BCUT2D eigenvalue weighted by Crippen LogP contribution is 2.18. The Kier molecular flexibility index (Phi) is 7.87. The molecular weight excluding hydrogens is 370 g/mol. The van der Waals surface area contributed by atoms with E-state index in [9.17, 15) is 14.4 Å². The molecule has 1 aromatic heterocycles. The van der Waals surface area contributed by atoms with Crippen molar-refractivity contribution in [1.29, 1.82) is 0 Å². The minimum Gasteiger partial charge on any atom is -0.481 e. The van der Waals surface area contributed by atoms with E-state index in [1.54, 1.807) is 13.0 Å². The Bertz CT molecular complexity index is 778. The number of hydrogen-bond donors (Lipinski definition) is 3. The summed E-state index contributed by atoms with van der Waals surface area (Å²) in [5.74, 6) is -0.368. The number of amides is 2. The molecule has 0 saturated heterocycles. The predicted molar refractivity (Wildman–Crippen MR) is 101 cm³/mol. The molecule has 0 bridgehead atoms. The molecule has 27 heavy (non-hydrogen) atoms. The van der Waals surface area contributed by atoms with E-state index < -0.39 is 5.97 Å².